The highest BCUT2D eigenvalue weighted by Gasteiger charge is 2.30. The van der Waals surface area contributed by atoms with Crippen molar-refractivity contribution in [3.05, 3.63) is 0 Å². The molecule has 4 nitrogen and oxygen atoms in total. The molecule has 1 fully saturated rings. The van der Waals surface area contributed by atoms with Crippen molar-refractivity contribution in [2.75, 3.05) is 25.4 Å². The summed E-state index contributed by atoms with van der Waals surface area (Å²) in [5, 5.41) is 3.24. The predicted octanol–water partition coefficient (Wildman–Crippen LogP) is 1.86. The van der Waals surface area contributed by atoms with E-state index < -0.39 is 10.0 Å². The van der Waals surface area contributed by atoms with E-state index in [1.165, 1.54) is 0 Å². The van der Waals surface area contributed by atoms with E-state index in [4.69, 9.17) is 0 Å². The van der Waals surface area contributed by atoms with Gasteiger partial charge in [-0.05, 0) is 31.7 Å². The van der Waals surface area contributed by atoms with Crippen molar-refractivity contribution in [1.29, 1.82) is 0 Å². The lowest BCUT2D eigenvalue weighted by Crippen LogP contribution is -2.43. The molecule has 1 N–H and O–H groups in total. The van der Waals surface area contributed by atoms with Crippen LogP contribution in [0, 0.1) is 5.92 Å². The molecule has 0 spiro atoms. The lowest BCUT2D eigenvalue weighted by Gasteiger charge is -2.27. The molecule has 0 aliphatic carbocycles. The number of hydrogen-bond donors (Lipinski definition) is 1. The van der Waals surface area contributed by atoms with Gasteiger partial charge in [-0.3, -0.25) is 0 Å². The summed E-state index contributed by atoms with van der Waals surface area (Å²) in [6, 6.07) is 0.173. The number of rotatable bonds is 7. The number of nitrogens with one attached hydrogen (secondary N) is 1. The van der Waals surface area contributed by atoms with Crippen molar-refractivity contribution in [2.45, 2.75) is 46.1 Å². The van der Waals surface area contributed by atoms with Gasteiger partial charge in [0.1, 0.15) is 0 Å². The van der Waals surface area contributed by atoms with E-state index in [0.29, 0.717) is 18.2 Å². The SMILES string of the molecule is CCCN(C1CCNC1)S(=O)(=O)CCC(C)C.Cl. The summed E-state index contributed by atoms with van der Waals surface area (Å²) < 4.78 is 26.4. The van der Waals surface area contributed by atoms with Crippen molar-refractivity contribution >= 4 is 22.4 Å². The van der Waals surface area contributed by atoms with Crippen LogP contribution in [0.1, 0.15) is 40.0 Å². The quantitative estimate of drug-likeness (QED) is 0.780. The van der Waals surface area contributed by atoms with Crippen LogP contribution in [0.15, 0.2) is 0 Å². The van der Waals surface area contributed by atoms with E-state index in [1.54, 1.807) is 4.31 Å². The van der Waals surface area contributed by atoms with Gasteiger partial charge in [0.15, 0.2) is 0 Å². The molecular weight excluding hydrogens is 272 g/mol. The second kappa shape index (κ2) is 8.35. The fourth-order valence-electron chi connectivity index (χ4n) is 2.16. The average molecular weight is 299 g/mol. The minimum Gasteiger partial charge on any atom is -0.315 e. The van der Waals surface area contributed by atoms with Crippen molar-refractivity contribution in [3.63, 3.8) is 0 Å². The Hall–Kier alpha value is 0.160. The van der Waals surface area contributed by atoms with Crippen LogP contribution in [0.4, 0.5) is 0 Å². The summed E-state index contributed by atoms with van der Waals surface area (Å²) in [7, 11) is -3.07. The maximum Gasteiger partial charge on any atom is 0.214 e. The summed E-state index contributed by atoms with van der Waals surface area (Å²) in [5.74, 6) is 0.733. The van der Waals surface area contributed by atoms with E-state index in [9.17, 15) is 8.42 Å². The minimum atomic E-state index is -3.07. The van der Waals surface area contributed by atoms with E-state index in [1.807, 2.05) is 6.92 Å². The molecule has 0 amide bonds. The first-order valence-electron chi connectivity index (χ1n) is 6.67. The van der Waals surface area contributed by atoms with Crippen LogP contribution in [0.2, 0.25) is 0 Å². The second-order valence-electron chi connectivity index (χ2n) is 5.26. The molecule has 6 heteroatoms. The number of hydrogen-bond acceptors (Lipinski definition) is 3. The first kappa shape index (κ1) is 18.2. The third-order valence-corrected chi connectivity index (χ3v) is 5.14. The largest absolute Gasteiger partial charge is 0.315 e. The molecule has 0 aromatic heterocycles. The maximum atomic E-state index is 12.3. The van der Waals surface area contributed by atoms with E-state index in [0.717, 1.165) is 32.4 Å². The van der Waals surface area contributed by atoms with E-state index >= 15 is 0 Å². The van der Waals surface area contributed by atoms with Gasteiger partial charge in [-0.2, -0.15) is 4.31 Å². The monoisotopic (exact) mass is 298 g/mol. The summed E-state index contributed by atoms with van der Waals surface area (Å²) in [4.78, 5) is 0. The molecule has 18 heavy (non-hydrogen) atoms. The van der Waals surface area contributed by atoms with Gasteiger partial charge in [0, 0.05) is 19.1 Å². The summed E-state index contributed by atoms with van der Waals surface area (Å²) >= 11 is 0. The Bertz CT molecular complexity index is 314. The molecule has 1 aliphatic rings. The fraction of sp³-hybridized carbons (Fsp3) is 1.00. The Balaban J connectivity index is 0.00000289. The number of halogens is 1. The first-order chi connectivity index (χ1) is 7.97. The van der Waals surface area contributed by atoms with Gasteiger partial charge >= 0.3 is 0 Å². The molecule has 1 unspecified atom stereocenters. The molecule has 1 aliphatic heterocycles. The highest BCUT2D eigenvalue weighted by atomic mass is 35.5. The first-order valence-corrected chi connectivity index (χ1v) is 8.28. The minimum absolute atomic E-state index is 0. The molecule has 110 valence electrons. The zero-order valence-corrected chi connectivity index (χ0v) is 13.3. The van der Waals surface area contributed by atoms with Gasteiger partial charge in [0.25, 0.3) is 0 Å². The molecule has 0 radical (unpaired) electrons. The molecular formula is C12H27ClN2O2S. The van der Waals surface area contributed by atoms with Gasteiger partial charge in [0.05, 0.1) is 5.75 Å². The number of sulfonamides is 1. The van der Waals surface area contributed by atoms with Gasteiger partial charge in [-0.15, -0.1) is 12.4 Å². The average Bonchev–Trinajstić information content (AvgIpc) is 2.76. The van der Waals surface area contributed by atoms with Crippen LogP contribution in [-0.4, -0.2) is 44.2 Å². The van der Waals surface area contributed by atoms with Crippen LogP contribution < -0.4 is 5.32 Å². The van der Waals surface area contributed by atoms with Crippen molar-refractivity contribution in [2.24, 2.45) is 5.92 Å². The maximum absolute atomic E-state index is 12.3. The Kier molecular flexibility index (Phi) is 8.43. The third kappa shape index (κ3) is 5.43. The number of nitrogens with zero attached hydrogens (tertiary/aromatic N) is 1. The molecule has 1 atom stereocenters. The molecule has 1 rings (SSSR count). The molecule has 0 aromatic carbocycles. The zero-order valence-electron chi connectivity index (χ0n) is 11.7. The van der Waals surface area contributed by atoms with Crippen LogP contribution in [0.25, 0.3) is 0 Å². The van der Waals surface area contributed by atoms with E-state index in [-0.39, 0.29) is 18.4 Å². The molecule has 0 saturated carbocycles. The summed E-state index contributed by atoms with van der Waals surface area (Å²) in [6.45, 7) is 8.57. The fourth-order valence-corrected chi connectivity index (χ4v) is 4.25. The molecule has 1 saturated heterocycles. The lowest BCUT2D eigenvalue weighted by molar-refractivity contribution is 0.333. The Morgan fingerprint density at radius 3 is 2.50 bits per heavy atom. The summed E-state index contributed by atoms with van der Waals surface area (Å²) in [5.41, 5.74) is 0. The van der Waals surface area contributed by atoms with Gasteiger partial charge < -0.3 is 5.32 Å². The smallest absolute Gasteiger partial charge is 0.214 e. The van der Waals surface area contributed by atoms with Gasteiger partial charge in [-0.1, -0.05) is 20.8 Å². The third-order valence-electron chi connectivity index (χ3n) is 3.20. The van der Waals surface area contributed by atoms with Crippen LogP contribution in [0.3, 0.4) is 0 Å². The zero-order chi connectivity index (χ0) is 12.9. The highest BCUT2D eigenvalue weighted by molar-refractivity contribution is 7.89. The van der Waals surface area contributed by atoms with Gasteiger partial charge in [0.2, 0.25) is 10.0 Å². The Morgan fingerprint density at radius 1 is 1.39 bits per heavy atom. The Labute approximate surface area is 118 Å². The van der Waals surface area contributed by atoms with Crippen LogP contribution in [0.5, 0.6) is 0 Å². The van der Waals surface area contributed by atoms with Crippen LogP contribution >= 0.6 is 12.4 Å². The highest BCUT2D eigenvalue weighted by Crippen LogP contribution is 2.16. The molecule has 0 aromatic rings. The predicted molar refractivity (Wildman–Crippen MR) is 78.8 cm³/mol. The Morgan fingerprint density at radius 2 is 2.06 bits per heavy atom. The van der Waals surface area contributed by atoms with E-state index in [2.05, 4.69) is 19.2 Å². The second-order valence-corrected chi connectivity index (χ2v) is 7.30. The summed E-state index contributed by atoms with van der Waals surface area (Å²) in [6.07, 6.45) is 2.58. The van der Waals surface area contributed by atoms with Crippen molar-refractivity contribution in [3.8, 4) is 0 Å². The molecule has 0 bridgehead atoms. The normalized spacial score (nSPS) is 20.4. The van der Waals surface area contributed by atoms with Gasteiger partial charge in [-0.25, -0.2) is 8.42 Å². The van der Waals surface area contributed by atoms with Crippen molar-refractivity contribution < 1.29 is 8.42 Å². The topological polar surface area (TPSA) is 49.4 Å². The lowest BCUT2D eigenvalue weighted by atomic mass is 10.2. The standard InChI is InChI=1S/C12H26N2O2S.ClH/c1-4-8-14(12-5-7-13-10-12)17(15,16)9-6-11(2)3;/h11-13H,4-10H2,1-3H3;1H. The molecule has 1 heterocycles. The van der Waals surface area contributed by atoms with Crippen molar-refractivity contribution in [1.82, 2.24) is 9.62 Å². The van der Waals surface area contributed by atoms with Crippen LogP contribution in [-0.2, 0) is 10.0 Å².